The molecule has 0 unspecified atom stereocenters. The van der Waals surface area contributed by atoms with Gasteiger partial charge in [-0.3, -0.25) is 4.79 Å². The fraction of sp³-hybridized carbons (Fsp3) is 0.611. The van der Waals surface area contributed by atoms with Gasteiger partial charge in [0.2, 0.25) is 0 Å². The van der Waals surface area contributed by atoms with Gasteiger partial charge in [0, 0.05) is 25.9 Å². The second-order valence-corrected chi connectivity index (χ2v) is 6.79. The molecule has 0 saturated carbocycles. The summed E-state index contributed by atoms with van der Waals surface area (Å²) in [5, 5.41) is 0.525. The van der Waals surface area contributed by atoms with Crippen LogP contribution < -0.4 is 4.74 Å². The average molecular weight is 354 g/mol. The fourth-order valence-electron chi connectivity index (χ4n) is 3.22. The summed E-state index contributed by atoms with van der Waals surface area (Å²) in [6, 6.07) is 5.58. The molecule has 0 aromatic heterocycles. The Morgan fingerprint density at radius 1 is 1.33 bits per heavy atom. The van der Waals surface area contributed by atoms with Crippen LogP contribution in [-0.4, -0.2) is 49.0 Å². The van der Waals surface area contributed by atoms with E-state index in [-0.39, 0.29) is 5.91 Å². The van der Waals surface area contributed by atoms with Gasteiger partial charge in [0.1, 0.15) is 5.75 Å². The molecule has 0 bridgehead atoms. The maximum atomic E-state index is 12.8. The minimum absolute atomic E-state index is 0.00270. The highest BCUT2D eigenvalue weighted by Gasteiger charge is 2.41. The van der Waals surface area contributed by atoms with Gasteiger partial charge in [-0.15, -0.1) is 0 Å². The predicted molar refractivity (Wildman–Crippen MR) is 91.3 cm³/mol. The Labute approximate surface area is 147 Å². The van der Waals surface area contributed by atoms with E-state index in [1.807, 2.05) is 30.9 Å². The predicted octanol–water partition coefficient (Wildman–Crippen LogP) is 3.17. The van der Waals surface area contributed by atoms with E-state index in [9.17, 15) is 4.79 Å². The summed E-state index contributed by atoms with van der Waals surface area (Å²) < 4.78 is 17.3. The van der Waals surface area contributed by atoms with Crippen LogP contribution in [0.15, 0.2) is 18.2 Å². The molecule has 0 radical (unpaired) electrons. The van der Waals surface area contributed by atoms with Crippen molar-refractivity contribution in [2.24, 2.45) is 0 Å². The Hall–Kier alpha value is -1.30. The van der Waals surface area contributed by atoms with Crippen LogP contribution in [0.25, 0.3) is 0 Å². The van der Waals surface area contributed by atoms with E-state index in [2.05, 4.69) is 0 Å². The van der Waals surface area contributed by atoms with E-state index >= 15 is 0 Å². The zero-order chi connectivity index (χ0) is 17.2. The molecule has 1 amide bonds. The molecule has 0 N–H and O–H groups in total. The molecule has 2 aliphatic rings. The van der Waals surface area contributed by atoms with Crippen LogP contribution in [-0.2, 0) is 14.3 Å². The maximum Gasteiger partial charge on any atom is 0.263 e. The highest BCUT2D eigenvalue weighted by atomic mass is 35.5. The lowest BCUT2D eigenvalue weighted by Gasteiger charge is -2.38. The third-order valence-electron chi connectivity index (χ3n) is 4.65. The highest BCUT2D eigenvalue weighted by molar-refractivity contribution is 6.32. The van der Waals surface area contributed by atoms with Gasteiger partial charge in [0.05, 0.1) is 18.2 Å². The van der Waals surface area contributed by atoms with E-state index in [0.29, 0.717) is 56.3 Å². The zero-order valence-corrected chi connectivity index (χ0v) is 15.0. The molecular weight excluding hydrogens is 330 g/mol. The third-order valence-corrected chi connectivity index (χ3v) is 4.96. The number of ether oxygens (including phenoxy) is 3. The van der Waals surface area contributed by atoms with Gasteiger partial charge < -0.3 is 19.1 Å². The van der Waals surface area contributed by atoms with Crippen molar-refractivity contribution in [3.8, 4) is 5.75 Å². The molecule has 132 valence electrons. The number of likely N-dealkylation sites (tertiary alicyclic amines) is 1. The molecule has 1 atom stereocenters. The number of benzene rings is 1. The number of hydrogen-bond donors (Lipinski definition) is 0. The van der Waals surface area contributed by atoms with Gasteiger partial charge in [-0.2, -0.15) is 0 Å². The number of nitrogens with zero attached hydrogens (tertiary/aromatic N) is 1. The first-order valence-corrected chi connectivity index (χ1v) is 8.90. The van der Waals surface area contributed by atoms with E-state index in [1.165, 1.54) is 0 Å². The quantitative estimate of drug-likeness (QED) is 0.834. The van der Waals surface area contributed by atoms with Crippen molar-refractivity contribution in [3.63, 3.8) is 0 Å². The van der Waals surface area contributed by atoms with Crippen LogP contribution in [0.4, 0.5) is 0 Å². The van der Waals surface area contributed by atoms with Gasteiger partial charge in [0.25, 0.3) is 5.91 Å². The molecule has 1 aromatic carbocycles. The van der Waals surface area contributed by atoms with Crippen molar-refractivity contribution >= 4 is 17.5 Å². The van der Waals surface area contributed by atoms with Crippen LogP contribution in [0.3, 0.4) is 0 Å². The summed E-state index contributed by atoms with van der Waals surface area (Å²) >= 11 is 6.19. The summed E-state index contributed by atoms with van der Waals surface area (Å²) in [4.78, 5) is 14.7. The van der Waals surface area contributed by atoms with Crippen LogP contribution >= 0.6 is 11.6 Å². The van der Waals surface area contributed by atoms with Crippen molar-refractivity contribution < 1.29 is 19.0 Å². The summed E-state index contributed by atoms with van der Waals surface area (Å²) in [5.74, 6) is 0.0925. The minimum Gasteiger partial charge on any atom is -0.479 e. The van der Waals surface area contributed by atoms with Gasteiger partial charge in [-0.1, -0.05) is 24.6 Å². The number of rotatable bonds is 4. The number of carbonyl (C=O) groups is 1. The van der Waals surface area contributed by atoms with Gasteiger partial charge in [0.15, 0.2) is 11.9 Å². The highest BCUT2D eigenvalue weighted by Crippen LogP contribution is 2.32. The topological polar surface area (TPSA) is 48.0 Å². The molecular formula is C18H24ClNO4. The molecule has 0 aliphatic carbocycles. The van der Waals surface area contributed by atoms with E-state index in [0.717, 1.165) is 5.56 Å². The van der Waals surface area contributed by atoms with E-state index < -0.39 is 11.9 Å². The number of amides is 1. The summed E-state index contributed by atoms with van der Waals surface area (Å²) in [5.41, 5.74) is 1.05. The Morgan fingerprint density at radius 3 is 2.62 bits per heavy atom. The Balaban J connectivity index is 1.63. The van der Waals surface area contributed by atoms with E-state index in [4.69, 9.17) is 25.8 Å². The monoisotopic (exact) mass is 353 g/mol. The first kappa shape index (κ1) is 17.5. The van der Waals surface area contributed by atoms with Gasteiger partial charge in [-0.05, 0) is 31.0 Å². The first-order chi connectivity index (χ1) is 11.5. The van der Waals surface area contributed by atoms with Crippen molar-refractivity contribution in [2.75, 3.05) is 26.3 Å². The summed E-state index contributed by atoms with van der Waals surface area (Å²) in [6.07, 6.45) is 1.49. The average Bonchev–Trinajstić information content (AvgIpc) is 3.04. The lowest BCUT2D eigenvalue weighted by Crippen LogP contribution is -2.50. The second kappa shape index (κ2) is 7.30. The fourth-order valence-corrected chi connectivity index (χ4v) is 3.38. The number of halogens is 1. The molecule has 6 heteroatoms. The normalized spacial score (nSPS) is 21.0. The van der Waals surface area contributed by atoms with Crippen molar-refractivity contribution in [2.45, 2.75) is 45.0 Å². The number of carbonyl (C=O) groups excluding carboxylic acids is 1. The number of hydrogen-bond acceptors (Lipinski definition) is 4. The number of aryl methyl sites for hydroxylation is 1. The molecule has 1 aromatic rings. The van der Waals surface area contributed by atoms with Crippen LogP contribution in [0, 0.1) is 6.92 Å². The SMILES string of the molecule is CC[C@@H](Oc1cc(C)ccc1Cl)C(=O)N1CCC2(CC1)OCCO2. The van der Waals surface area contributed by atoms with Crippen LogP contribution in [0.1, 0.15) is 31.7 Å². The Bertz CT molecular complexity index is 591. The summed E-state index contributed by atoms with van der Waals surface area (Å²) in [7, 11) is 0. The lowest BCUT2D eigenvalue weighted by molar-refractivity contribution is -0.189. The van der Waals surface area contributed by atoms with Crippen molar-refractivity contribution in [3.05, 3.63) is 28.8 Å². The molecule has 24 heavy (non-hydrogen) atoms. The van der Waals surface area contributed by atoms with Gasteiger partial charge >= 0.3 is 0 Å². The van der Waals surface area contributed by atoms with Crippen LogP contribution in [0.2, 0.25) is 5.02 Å². The molecule has 5 nitrogen and oxygen atoms in total. The second-order valence-electron chi connectivity index (χ2n) is 6.38. The molecule has 2 aliphatic heterocycles. The van der Waals surface area contributed by atoms with Crippen molar-refractivity contribution in [1.82, 2.24) is 4.90 Å². The molecule has 1 spiro atoms. The minimum atomic E-state index is -0.524. The molecule has 3 rings (SSSR count). The first-order valence-electron chi connectivity index (χ1n) is 8.52. The maximum absolute atomic E-state index is 12.8. The Morgan fingerprint density at radius 2 is 2.00 bits per heavy atom. The largest absolute Gasteiger partial charge is 0.479 e. The molecule has 2 saturated heterocycles. The lowest BCUT2D eigenvalue weighted by atomic mass is 10.0. The van der Waals surface area contributed by atoms with Crippen LogP contribution in [0.5, 0.6) is 5.75 Å². The summed E-state index contributed by atoms with van der Waals surface area (Å²) in [6.45, 7) is 6.44. The number of piperidine rings is 1. The Kier molecular flexibility index (Phi) is 5.33. The molecule has 2 fully saturated rings. The third kappa shape index (κ3) is 3.68. The molecule has 2 heterocycles. The van der Waals surface area contributed by atoms with Crippen molar-refractivity contribution in [1.29, 1.82) is 0 Å². The van der Waals surface area contributed by atoms with Gasteiger partial charge in [-0.25, -0.2) is 0 Å². The smallest absolute Gasteiger partial charge is 0.263 e. The standard InChI is InChI=1S/C18H24ClNO4/c1-3-15(24-16-12-13(2)4-5-14(16)19)17(21)20-8-6-18(7-9-20)22-10-11-23-18/h4-5,12,15H,3,6-11H2,1-2H3/t15-/m1/s1. The zero-order valence-electron chi connectivity index (χ0n) is 14.2. The van der Waals surface area contributed by atoms with E-state index in [1.54, 1.807) is 6.07 Å².